The van der Waals surface area contributed by atoms with E-state index in [1.54, 1.807) is 0 Å². The summed E-state index contributed by atoms with van der Waals surface area (Å²) in [6, 6.07) is 21.7. The monoisotopic (exact) mass is 441 g/mol. The Hall–Kier alpha value is -3.60. The van der Waals surface area contributed by atoms with Crippen LogP contribution in [0.3, 0.4) is 0 Å². The van der Waals surface area contributed by atoms with Gasteiger partial charge in [-0.05, 0) is 81.1 Å². The number of amides is 1. The standard InChI is InChI=1S/C28H31N3O2/c1-19-14-15-23(18-21(19)3)33-17-9-16-31-26-13-8-7-12-25(26)30-27(31)22(4)29-28(32)24-11-6-5-10-20(24)2/h5-8,10-15,18,22H,9,16-17H2,1-4H3,(H,29,32). The van der Waals surface area contributed by atoms with Gasteiger partial charge in [0.25, 0.3) is 5.91 Å². The Labute approximate surface area is 195 Å². The quantitative estimate of drug-likeness (QED) is 0.345. The fourth-order valence-electron chi connectivity index (χ4n) is 4.04. The molecule has 0 saturated carbocycles. The predicted molar refractivity (Wildman–Crippen MR) is 133 cm³/mol. The number of aryl methyl sites for hydroxylation is 4. The van der Waals surface area contributed by atoms with Gasteiger partial charge < -0.3 is 14.6 Å². The maximum atomic E-state index is 12.9. The Morgan fingerprint density at radius 1 is 0.970 bits per heavy atom. The highest BCUT2D eigenvalue weighted by molar-refractivity contribution is 5.95. The van der Waals surface area contributed by atoms with Crippen molar-refractivity contribution < 1.29 is 9.53 Å². The largest absolute Gasteiger partial charge is 0.494 e. The molecule has 4 rings (SSSR count). The molecule has 1 amide bonds. The average molecular weight is 442 g/mol. The van der Waals surface area contributed by atoms with Gasteiger partial charge in [-0.15, -0.1) is 0 Å². The van der Waals surface area contributed by atoms with Crippen LogP contribution in [0.25, 0.3) is 11.0 Å². The Kier molecular flexibility index (Phi) is 6.78. The highest BCUT2D eigenvalue weighted by Crippen LogP contribution is 2.22. The maximum Gasteiger partial charge on any atom is 0.252 e. The Balaban J connectivity index is 1.48. The van der Waals surface area contributed by atoms with E-state index >= 15 is 0 Å². The summed E-state index contributed by atoms with van der Waals surface area (Å²) in [7, 11) is 0. The molecule has 0 aliphatic carbocycles. The summed E-state index contributed by atoms with van der Waals surface area (Å²) in [4.78, 5) is 17.7. The molecule has 4 aromatic rings. The van der Waals surface area contributed by atoms with Gasteiger partial charge in [0.15, 0.2) is 0 Å². The molecular formula is C28H31N3O2. The molecule has 0 saturated heterocycles. The van der Waals surface area contributed by atoms with Gasteiger partial charge in [0, 0.05) is 12.1 Å². The smallest absolute Gasteiger partial charge is 0.252 e. The first-order valence-corrected chi connectivity index (χ1v) is 11.5. The summed E-state index contributed by atoms with van der Waals surface area (Å²) in [5.74, 6) is 1.66. The molecule has 1 heterocycles. The molecule has 3 aromatic carbocycles. The van der Waals surface area contributed by atoms with Crippen molar-refractivity contribution in [2.75, 3.05) is 6.61 Å². The van der Waals surface area contributed by atoms with E-state index in [0.717, 1.165) is 41.1 Å². The molecular weight excluding hydrogens is 410 g/mol. The number of fused-ring (bicyclic) bond motifs is 1. The normalized spacial score (nSPS) is 12.0. The van der Waals surface area contributed by atoms with Crippen molar-refractivity contribution >= 4 is 16.9 Å². The van der Waals surface area contributed by atoms with E-state index in [-0.39, 0.29) is 11.9 Å². The topological polar surface area (TPSA) is 56.1 Å². The molecule has 5 nitrogen and oxygen atoms in total. The number of hydrogen-bond acceptors (Lipinski definition) is 3. The van der Waals surface area contributed by atoms with Crippen LogP contribution in [0.1, 0.15) is 52.3 Å². The molecule has 1 N–H and O–H groups in total. The summed E-state index contributed by atoms with van der Waals surface area (Å²) in [6.07, 6.45) is 0.832. The average Bonchev–Trinajstić information content (AvgIpc) is 3.18. The van der Waals surface area contributed by atoms with Crippen molar-refractivity contribution in [2.24, 2.45) is 0 Å². The lowest BCUT2D eigenvalue weighted by atomic mass is 10.1. The van der Waals surface area contributed by atoms with Gasteiger partial charge >= 0.3 is 0 Å². The van der Waals surface area contributed by atoms with Gasteiger partial charge in [-0.2, -0.15) is 0 Å². The lowest BCUT2D eigenvalue weighted by Gasteiger charge is -2.17. The molecule has 1 aromatic heterocycles. The first-order chi connectivity index (χ1) is 15.9. The molecule has 170 valence electrons. The second-order valence-electron chi connectivity index (χ2n) is 8.57. The van der Waals surface area contributed by atoms with E-state index in [2.05, 4.69) is 41.9 Å². The van der Waals surface area contributed by atoms with E-state index in [0.29, 0.717) is 12.2 Å². The SMILES string of the molecule is Cc1ccc(OCCCn2c(C(C)NC(=O)c3ccccc3C)nc3ccccc32)cc1C. The minimum absolute atomic E-state index is 0.0859. The Bertz CT molecular complexity index is 1280. The first kappa shape index (κ1) is 22.6. The van der Waals surface area contributed by atoms with Gasteiger partial charge in [0.05, 0.1) is 23.7 Å². The van der Waals surface area contributed by atoms with Crippen LogP contribution in [0.4, 0.5) is 0 Å². The van der Waals surface area contributed by atoms with Crippen molar-refractivity contribution in [1.29, 1.82) is 0 Å². The molecule has 1 unspecified atom stereocenters. The number of benzene rings is 3. The number of nitrogens with one attached hydrogen (secondary N) is 1. The molecule has 0 fully saturated rings. The van der Waals surface area contributed by atoms with Crippen molar-refractivity contribution in [2.45, 2.75) is 46.7 Å². The number of carbonyl (C=O) groups is 1. The number of imidazole rings is 1. The number of nitrogens with zero attached hydrogens (tertiary/aromatic N) is 2. The molecule has 0 aliphatic rings. The van der Waals surface area contributed by atoms with Crippen LogP contribution >= 0.6 is 0 Å². The summed E-state index contributed by atoms with van der Waals surface area (Å²) in [6.45, 7) is 9.50. The van der Waals surface area contributed by atoms with Crippen molar-refractivity contribution in [3.05, 3.63) is 94.8 Å². The first-order valence-electron chi connectivity index (χ1n) is 11.5. The minimum Gasteiger partial charge on any atom is -0.494 e. The fourth-order valence-corrected chi connectivity index (χ4v) is 4.04. The highest BCUT2D eigenvalue weighted by atomic mass is 16.5. The summed E-state index contributed by atoms with van der Waals surface area (Å²) >= 11 is 0. The Morgan fingerprint density at radius 3 is 2.52 bits per heavy atom. The Morgan fingerprint density at radius 2 is 1.73 bits per heavy atom. The van der Waals surface area contributed by atoms with Crippen molar-refractivity contribution in [3.63, 3.8) is 0 Å². The molecule has 5 heteroatoms. The lowest BCUT2D eigenvalue weighted by Crippen LogP contribution is -2.29. The number of ether oxygens (including phenoxy) is 1. The molecule has 0 radical (unpaired) electrons. The highest BCUT2D eigenvalue weighted by Gasteiger charge is 2.19. The van der Waals surface area contributed by atoms with E-state index in [1.807, 2.05) is 62.4 Å². The van der Waals surface area contributed by atoms with Crippen molar-refractivity contribution in [3.8, 4) is 5.75 Å². The second-order valence-corrected chi connectivity index (χ2v) is 8.57. The molecule has 0 bridgehead atoms. The van der Waals surface area contributed by atoms with Gasteiger partial charge in [0.1, 0.15) is 11.6 Å². The molecule has 1 atom stereocenters. The number of carbonyl (C=O) groups excluding carboxylic acids is 1. The second kappa shape index (κ2) is 9.90. The van der Waals surface area contributed by atoms with Gasteiger partial charge in [-0.3, -0.25) is 4.79 Å². The number of rotatable bonds is 8. The van der Waals surface area contributed by atoms with Gasteiger partial charge in [-0.25, -0.2) is 4.98 Å². The van der Waals surface area contributed by atoms with E-state index in [9.17, 15) is 4.79 Å². The fraction of sp³-hybridized carbons (Fsp3) is 0.286. The summed E-state index contributed by atoms with van der Waals surface area (Å²) in [5, 5.41) is 3.13. The van der Waals surface area contributed by atoms with Gasteiger partial charge in [0.2, 0.25) is 0 Å². The zero-order valence-electron chi connectivity index (χ0n) is 19.8. The van der Waals surface area contributed by atoms with Gasteiger partial charge in [-0.1, -0.05) is 36.4 Å². The third kappa shape index (κ3) is 5.08. The minimum atomic E-state index is -0.231. The van der Waals surface area contributed by atoms with E-state index in [1.165, 1.54) is 11.1 Å². The van der Waals surface area contributed by atoms with E-state index < -0.39 is 0 Å². The van der Waals surface area contributed by atoms with Crippen LogP contribution < -0.4 is 10.1 Å². The van der Waals surface area contributed by atoms with E-state index in [4.69, 9.17) is 9.72 Å². The zero-order valence-corrected chi connectivity index (χ0v) is 19.8. The van der Waals surface area contributed by atoms with Crippen LogP contribution in [0.15, 0.2) is 66.7 Å². The third-order valence-corrected chi connectivity index (χ3v) is 6.08. The number of para-hydroxylation sites is 2. The summed E-state index contributed by atoms with van der Waals surface area (Å²) in [5.41, 5.74) is 6.13. The molecule has 0 aliphatic heterocycles. The predicted octanol–water partition coefficient (Wildman–Crippen LogP) is 5.92. The number of hydrogen-bond donors (Lipinski definition) is 1. The maximum absolute atomic E-state index is 12.9. The third-order valence-electron chi connectivity index (χ3n) is 6.08. The lowest BCUT2D eigenvalue weighted by molar-refractivity contribution is 0.0937. The van der Waals surface area contributed by atoms with Crippen LogP contribution in [0.5, 0.6) is 5.75 Å². The van der Waals surface area contributed by atoms with Crippen LogP contribution in [0, 0.1) is 20.8 Å². The molecule has 33 heavy (non-hydrogen) atoms. The van der Waals surface area contributed by atoms with Crippen molar-refractivity contribution in [1.82, 2.24) is 14.9 Å². The molecule has 0 spiro atoms. The van der Waals surface area contributed by atoms with Crippen LogP contribution in [-0.2, 0) is 6.54 Å². The zero-order chi connectivity index (χ0) is 23.4. The number of aromatic nitrogens is 2. The summed E-state index contributed by atoms with van der Waals surface area (Å²) < 4.78 is 8.18. The van der Waals surface area contributed by atoms with Crippen LogP contribution in [0.2, 0.25) is 0 Å². The van der Waals surface area contributed by atoms with Crippen LogP contribution in [-0.4, -0.2) is 22.1 Å².